The van der Waals surface area contributed by atoms with Gasteiger partial charge in [-0.25, -0.2) is 9.67 Å². The Bertz CT molecular complexity index is 1650. The third-order valence-electron chi connectivity index (χ3n) is 6.32. The molecule has 8 nitrogen and oxygen atoms in total. The molecular formula is C27H26N6O2S. The number of carbonyl (C=O) groups excluding carboxylic acids is 1. The Morgan fingerprint density at radius 2 is 1.94 bits per heavy atom. The van der Waals surface area contributed by atoms with E-state index in [1.54, 1.807) is 12.4 Å². The number of carbonyl (C=O) groups is 1. The summed E-state index contributed by atoms with van der Waals surface area (Å²) in [6.45, 7) is 8.30. The van der Waals surface area contributed by atoms with Gasteiger partial charge in [0.1, 0.15) is 5.69 Å². The van der Waals surface area contributed by atoms with Crippen LogP contribution < -0.4 is 10.9 Å². The number of nitrogens with zero attached hydrogens (tertiary/aromatic N) is 5. The molecule has 5 aromatic rings. The van der Waals surface area contributed by atoms with E-state index in [0.717, 1.165) is 22.5 Å². The molecule has 0 aliphatic carbocycles. The van der Waals surface area contributed by atoms with Crippen molar-refractivity contribution in [2.24, 2.45) is 0 Å². The summed E-state index contributed by atoms with van der Waals surface area (Å²) in [5.41, 5.74) is 7.11. The first-order valence-electron chi connectivity index (χ1n) is 11.6. The molecule has 0 unspecified atom stereocenters. The van der Waals surface area contributed by atoms with E-state index in [9.17, 15) is 9.59 Å². The second-order valence-electron chi connectivity index (χ2n) is 8.84. The smallest absolute Gasteiger partial charge is 0.268 e. The van der Waals surface area contributed by atoms with Crippen LogP contribution in [-0.4, -0.2) is 30.1 Å². The monoisotopic (exact) mass is 498 g/mol. The highest BCUT2D eigenvalue weighted by Crippen LogP contribution is 2.25. The molecule has 0 aliphatic rings. The van der Waals surface area contributed by atoms with E-state index < -0.39 is 0 Å². The minimum Gasteiger partial charge on any atom is -0.352 e. The van der Waals surface area contributed by atoms with Gasteiger partial charge in [-0.05, 0) is 62.6 Å². The number of aromatic nitrogens is 5. The summed E-state index contributed by atoms with van der Waals surface area (Å²) < 4.78 is 3.40. The van der Waals surface area contributed by atoms with Gasteiger partial charge >= 0.3 is 0 Å². The number of fused-ring (bicyclic) bond motifs is 1. The summed E-state index contributed by atoms with van der Waals surface area (Å²) >= 11 is 1.35. The first-order chi connectivity index (χ1) is 17.3. The predicted octanol–water partition coefficient (Wildman–Crippen LogP) is 4.10. The third kappa shape index (κ3) is 4.33. The SMILES string of the molecule is Cc1cccc(-n2nc(-c3c(C)nc4scc(CC(=O)NCc5cccnc5)n4c3=O)cc2C)c1C. The number of nitrogens with one attached hydrogen (secondary N) is 1. The molecule has 4 heterocycles. The van der Waals surface area contributed by atoms with Crippen molar-refractivity contribution in [3.63, 3.8) is 0 Å². The van der Waals surface area contributed by atoms with Gasteiger partial charge in [0.05, 0.1) is 23.4 Å². The van der Waals surface area contributed by atoms with Crippen molar-refractivity contribution < 1.29 is 4.79 Å². The molecule has 1 aromatic carbocycles. The number of amides is 1. The lowest BCUT2D eigenvalue weighted by atomic mass is 10.1. The fraction of sp³-hybridized carbons (Fsp3) is 0.222. The first kappa shape index (κ1) is 23.6. The van der Waals surface area contributed by atoms with Crippen LogP contribution in [0.25, 0.3) is 21.9 Å². The van der Waals surface area contributed by atoms with Crippen LogP contribution in [0.1, 0.15) is 33.8 Å². The highest BCUT2D eigenvalue weighted by Gasteiger charge is 2.20. The van der Waals surface area contributed by atoms with Gasteiger partial charge in [-0.1, -0.05) is 18.2 Å². The van der Waals surface area contributed by atoms with E-state index in [-0.39, 0.29) is 17.9 Å². The molecule has 0 saturated carbocycles. The first-order valence-corrected chi connectivity index (χ1v) is 12.5. The Morgan fingerprint density at radius 3 is 2.72 bits per heavy atom. The van der Waals surface area contributed by atoms with Gasteiger partial charge in [-0.3, -0.25) is 19.0 Å². The highest BCUT2D eigenvalue weighted by atomic mass is 32.1. The molecule has 9 heteroatoms. The molecule has 5 rings (SSSR count). The van der Waals surface area contributed by atoms with E-state index >= 15 is 0 Å². The van der Waals surface area contributed by atoms with E-state index in [1.165, 1.54) is 21.3 Å². The topological polar surface area (TPSA) is 94.2 Å². The molecule has 0 fully saturated rings. The Labute approximate surface area is 212 Å². The molecule has 1 amide bonds. The maximum absolute atomic E-state index is 13.7. The number of hydrogen-bond acceptors (Lipinski definition) is 6. The molecule has 182 valence electrons. The minimum absolute atomic E-state index is 0.0697. The molecule has 0 spiro atoms. The molecule has 1 N–H and O–H groups in total. The molecule has 4 aromatic heterocycles. The Kier molecular flexibility index (Phi) is 6.24. The summed E-state index contributed by atoms with van der Waals surface area (Å²) in [5.74, 6) is -0.178. The van der Waals surface area contributed by atoms with Crippen molar-refractivity contribution in [1.82, 2.24) is 29.5 Å². The van der Waals surface area contributed by atoms with Crippen LogP contribution in [0.4, 0.5) is 0 Å². The maximum atomic E-state index is 13.7. The van der Waals surface area contributed by atoms with Crippen LogP contribution in [0.5, 0.6) is 0 Å². The van der Waals surface area contributed by atoms with E-state index in [0.29, 0.717) is 34.2 Å². The highest BCUT2D eigenvalue weighted by molar-refractivity contribution is 7.15. The van der Waals surface area contributed by atoms with Crippen LogP contribution in [0.15, 0.2) is 59.0 Å². The fourth-order valence-corrected chi connectivity index (χ4v) is 5.19. The van der Waals surface area contributed by atoms with Gasteiger partial charge in [-0.15, -0.1) is 11.3 Å². The zero-order valence-electron chi connectivity index (χ0n) is 20.6. The molecule has 0 bridgehead atoms. The molecule has 36 heavy (non-hydrogen) atoms. The van der Waals surface area contributed by atoms with Crippen molar-refractivity contribution in [2.45, 2.75) is 40.7 Å². The predicted molar refractivity (Wildman–Crippen MR) is 141 cm³/mol. The van der Waals surface area contributed by atoms with Gasteiger partial charge in [0.15, 0.2) is 4.96 Å². The van der Waals surface area contributed by atoms with Crippen molar-refractivity contribution in [3.05, 3.63) is 98.3 Å². The Morgan fingerprint density at radius 1 is 1.11 bits per heavy atom. The Balaban J connectivity index is 1.49. The standard InChI is InChI=1S/C27H26N6O2S/c1-16-7-5-9-23(18(16)3)33-17(2)11-22(31-33)25-19(4)30-27-32(26(25)35)21(15-36-27)12-24(34)29-14-20-8-6-10-28-13-20/h5-11,13,15H,12,14H2,1-4H3,(H,29,34). The molecular weight excluding hydrogens is 472 g/mol. The second-order valence-corrected chi connectivity index (χ2v) is 9.68. The lowest BCUT2D eigenvalue weighted by Gasteiger charge is -2.10. The summed E-state index contributed by atoms with van der Waals surface area (Å²) in [6, 6.07) is 11.7. The lowest BCUT2D eigenvalue weighted by Crippen LogP contribution is -2.27. The summed E-state index contributed by atoms with van der Waals surface area (Å²) in [4.78, 5) is 35.6. The van der Waals surface area contributed by atoms with Crippen LogP contribution in [0, 0.1) is 27.7 Å². The van der Waals surface area contributed by atoms with Crippen LogP contribution in [0.3, 0.4) is 0 Å². The average Bonchev–Trinajstić information content (AvgIpc) is 3.43. The number of pyridine rings is 1. The van der Waals surface area contributed by atoms with Gasteiger partial charge in [0.2, 0.25) is 5.91 Å². The molecule has 0 radical (unpaired) electrons. The normalized spacial score (nSPS) is 11.2. The van der Waals surface area contributed by atoms with Gasteiger partial charge < -0.3 is 5.32 Å². The third-order valence-corrected chi connectivity index (χ3v) is 7.20. The lowest BCUT2D eigenvalue weighted by molar-refractivity contribution is -0.120. The average molecular weight is 499 g/mol. The molecule has 0 aliphatic heterocycles. The van der Waals surface area contributed by atoms with Gasteiger partial charge in [-0.2, -0.15) is 5.10 Å². The number of hydrogen-bond donors (Lipinski definition) is 1. The zero-order chi connectivity index (χ0) is 25.4. The van der Waals surface area contributed by atoms with E-state index in [2.05, 4.69) is 35.2 Å². The van der Waals surface area contributed by atoms with Crippen molar-refractivity contribution in [1.29, 1.82) is 0 Å². The van der Waals surface area contributed by atoms with E-state index in [4.69, 9.17) is 5.10 Å². The quantitative estimate of drug-likeness (QED) is 0.380. The largest absolute Gasteiger partial charge is 0.352 e. The van der Waals surface area contributed by atoms with Gasteiger partial charge in [0, 0.05) is 35.7 Å². The Hall–Kier alpha value is -4.11. The number of benzene rings is 1. The minimum atomic E-state index is -0.223. The molecule has 0 atom stereocenters. The summed E-state index contributed by atoms with van der Waals surface area (Å²) in [5, 5.41) is 9.51. The van der Waals surface area contributed by atoms with Crippen LogP contribution in [-0.2, 0) is 17.8 Å². The summed E-state index contributed by atoms with van der Waals surface area (Å²) in [7, 11) is 0. The fourth-order valence-electron chi connectivity index (χ4n) is 4.26. The maximum Gasteiger partial charge on any atom is 0.268 e. The zero-order valence-corrected chi connectivity index (χ0v) is 21.4. The van der Waals surface area contributed by atoms with Crippen molar-refractivity contribution in [3.8, 4) is 16.9 Å². The number of aryl methyl sites for hydroxylation is 3. The second kappa shape index (κ2) is 9.50. The number of thiazole rings is 1. The summed E-state index contributed by atoms with van der Waals surface area (Å²) in [6.07, 6.45) is 3.47. The van der Waals surface area contributed by atoms with Gasteiger partial charge in [0.25, 0.3) is 5.56 Å². The van der Waals surface area contributed by atoms with Crippen LogP contribution in [0.2, 0.25) is 0 Å². The van der Waals surface area contributed by atoms with E-state index in [1.807, 2.05) is 54.2 Å². The number of rotatable bonds is 6. The van der Waals surface area contributed by atoms with Crippen molar-refractivity contribution >= 4 is 22.2 Å². The molecule has 0 saturated heterocycles. The van der Waals surface area contributed by atoms with Crippen molar-refractivity contribution in [2.75, 3.05) is 0 Å². The van der Waals surface area contributed by atoms with Crippen LogP contribution >= 0.6 is 11.3 Å².